The van der Waals surface area contributed by atoms with Gasteiger partial charge in [-0.1, -0.05) is 97.1 Å². The van der Waals surface area contributed by atoms with Crippen molar-refractivity contribution in [1.29, 1.82) is 0 Å². The molecule has 4 aromatic rings. The van der Waals surface area contributed by atoms with Crippen LogP contribution in [0.5, 0.6) is 11.5 Å². The lowest BCUT2D eigenvalue weighted by Gasteiger charge is -2.50. The molecular weight excluding hydrogens is 588 g/mol. The number of carbonyl (C=O) groups excluding carboxylic acids is 3. The lowest BCUT2D eigenvalue weighted by Crippen LogP contribution is -2.70. The summed E-state index contributed by atoms with van der Waals surface area (Å²) < 4.78 is 11.5. The molecule has 8 nitrogen and oxygen atoms in total. The number of fused-ring (bicyclic) bond motifs is 1. The van der Waals surface area contributed by atoms with E-state index in [1.807, 2.05) is 91.0 Å². The van der Waals surface area contributed by atoms with Crippen LogP contribution in [0, 0.1) is 0 Å². The van der Waals surface area contributed by atoms with Gasteiger partial charge in [0.15, 0.2) is 17.6 Å². The Bertz CT molecular complexity index is 1690. The van der Waals surface area contributed by atoms with Crippen molar-refractivity contribution in [3.8, 4) is 11.5 Å². The number of esters is 1. The van der Waals surface area contributed by atoms with Gasteiger partial charge in [0.05, 0.1) is 13.5 Å². The number of benzene rings is 4. The molecule has 0 spiro atoms. The van der Waals surface area contributed by atoms with Crippen LogP contribution in [0.3, 0.4) is 0 Å². The van der Waals surface area contributed by atoms with Crippen LogP contribution in [0.4, 0.5) is 0 Å². The minimum atomic E-state index is -0.761. The number of nitrogens with zero attached hydrogens (tertiary/aromatic N) is 1. The van der Waals surface area contributed by atoms with Crippen molar-refractivity contribution >= 4 is 29.5 Å². The molecule has 45 heavy (non-hydrogen) atoms. The van der Waals surface area contributed by atoms with E-state index >= 15 is 0 Å². The zero-order chi connectivity index (χ0) is 31.3. The highest BCUT2D eigenvalue weighted by Gasteiger charge is 2.54. The third-order valence-corrected chi connectivity index (χ3v) is 9.20. The number of rotatable bonds is 10. The van der Waals surface area contributed by atoms with Crippen LogP contribution in [0.1, 0.15) is 28.4 Å². The summed E-state index contributed by atoms with van der Waals surface area (Å²) in [6, 6.07) is 32.5. The van der Waals surface area contributed by atoms with E-state index < -0.39 is 23.5 Å². The van der Waals surface area contributed by atoms with Gasteiger partial charge in [0.2, 0.25) is 5.91 Å². The summed E-state index contributed by atoms with van der Waals surface area (Å²) in [5.41, 5.74) is 4.12. The SMILES string of the molecule is COc1cc(CC2=C(C(=O)OC(c3ccccc3)c3ccccc3)N3C(=O)[C@@H](NC(=O)Cc4ccccc4)[C@@H]3SC2)ccc1O. The minimum absolute atomic E-state index is 0.00789. The Balaban J connectivity index is 1.31. The Morgan fingerprint density at radius 1 is 0.911 bits per heavy atom. The van der Waals surface area contributed by atoms with E-state index in [9.17, 15) is 19.5 Å². The summed E-state index contributed by atoms with van der Waals surface area (Å²) >= 11 is 1.49. The third kappa shape index (κ3) is 6.44. The Labute approximate surface area is 265 Å². The van der Waals surface area contributed by atoms with Gasteiger partial charge < -0.3 is 19.9 Å². The fraction of sp³-hybridized carbons (Fsp3) is 0.194. The number of ether oxygens (including phenoxy) is 2. The maximum absolute atomic E-state index is 14.2. The fourth-order valence-electron chi connectivity index (χ4n) is 5.64. The van der Waals surface area contributed by atoms with Crippen LogP contribution in [0.2, 0.25) is 0 Å². The van der Waals surface area contributed by atoms with Crippen molar-refractivity contribution in [3.05, 3.63) is 143 Å². The van der Waals surface area contributed by atoms with Gasteiger partial charge >= 0.3 is 5.97 Å². The van der Waals surface area contributed by atoms with E-state index in [2.05, 4.69) is 5.32 Å². The van der Waals surface area contributed by atoms with Crippen LogP contribution < -0.4 is 10.1 Å². The van der Waals surface area contributed by atoms with Gasteiger partial charge in [-0.2, -0.15) is 0 Å². The van der Waals surface area contributed by atoms with Crippen LogP contribution in [0.15, 0.2) is 120 Å². The average Bonchev–Trinajstić information content (AvgIpc) is 3.07. The van der Waals surface area contributed by atoms with E-state index in [1.165, 1.54) is 23.8 Å². The molecule has 2 aliphatic heterocycles. The highest BCUT2D eigenvalue weighted by molar-refractivity contribution is 8.00. The highest BCUT2D eigenvalue weighted by Crippen LogP contribution is 2.43. The van der Waals surface area contributed by atoms with Crippen LogP contribution in [-0.4, -0.2) is 52.1 Å². The van der Waals surface area contributed by atoms with Crippen molar-refractivity contribution in [1.82, 2.24) is 10.2 Å². The number of β-lactam (4-membered cyclic amide) rings is 1. The normalized spacial score (nSPS) is 17.4. The summed E-state index contributed by atoms with van der Waals surface area (Å²) in [7, 11) is 1.47. The summed E-state index contributed by atoms with van der Waals surface area (Å²) in [4.78, 5) is 42.2. The molecule has 0 saturated carbocycles. The maximum Gasteiger partial charge on any atom is 0.356 e. The molecule has 2 heterocycles. The lowest BCUT2D eigenvalue weighted by atomic mass is 9.98. The first-order chi connectivity index (χ1) is 21.9. The maximum atomic E-state index is 14.2. The number of phenols is 1. The smallest absolute Gasteiger partial charge is 0.356 e. The number of thioether (sulfide) groups is 1. The molecular formula is C36H32N2O6S. The van der Waals surface area contributed by atoms with Gasteiger partial charge in [0.1, 0.15) is 17.1 Å². The van der Waals surface area contributed by atoms with Crippen molar-refractivity contribution < 1.29 is 29.0 Å². The first-order valence-electron chi connectivity index (χ1n) is 14.6. The molecule has 228 valence electrons. The minimum Gasteiger partial charge on any atom is -0.504 e. The number of amides is 2. The van der Waals surface area contributed by atoms with E-state index in [0.717, 1.165) is 22.3 Å². The fourth-order valence-corrected chi connectivity index (χ4v) is 6.98. The molecule has 4 aromatic carbocycles. The number of phenolic OH excluding ortho intramolecular Hbond substituents is 1. The second-order valence-electron chi connectivity index (χ2n) is 10.9. The Morgan fingerprint density at radius 2 is 1.53 bits per heavy atom. The van der Waals surface area contributed by atoms with Crippen LogP contribution >= 0.6 is 11.8 Å². The second kappa shape index (κ2) is 13.3. The van der Waals surface area contributed by atoms with Crippen LogP contribution in [-0.2, 0) is 32.0 Å². The quantitative estimate of drug-likeness (QED) is 0.186. The van der Waals surface area contributed by atoms with Gasteiger partial charge in [-0.05, 0) is 46.4 Å². The van der Waals surface area contributed by atoms with Gasteiger partial charge in [-0.3, -0.25) is 14.5 Å². The zero-order valence-corrected chi connectivity index (χ0v) is 25.4. The molecule has 2 N–H and O–H groups in total. The van der Waals surface area contributed by atoms with Gasteiger partial charge in [0.25, 0.3) is 5.91 Å². The Morgan fingerprint density at radius 3 is 2.16 bits per heavy atom. The molecule has 1 fully saturated rings. The topological polar surface area (TPSA) is 105 Å². The monoisotopic (exact) mass is 620 g/mol. The molecule has 6 rings (SSSR count). The summed E-state index contributed by atoms with van der Waals surface area (Å²) in [6.07, 6.45) is -0.221. The van der Waals surface area contributed by atoms with Crippen molar-refractivity contribution in [2.45, 2.75) is 30.4 Å². The molecule has 2 amide bonds. The van der Waals surface area contributed by atoms with Crippen LogP contribution in [0.25, 0.3) is 0 Å². The lowest BCUT2D eigenvalue weighted by molar-refractivity contribution is -0.154. The second-order valence-corrected chi connectivity index (χ2v) is 12.0. The molecule has 0 aliphatic carbocycles. The van der Waals surface area contributed by atoms with Gasteiger partial charge in [0, 0.05) is 5.75 Å². The molecule has 0 radical (unpaired) electrons. The molecule has 0 unspecified atom stereocenters. The number of aromatic hydroxyl groups is 1. The molecule has 2 atom stereocenters. The van der Waals surface area contributed by atoms with Crippen molar-refractivity contribution in [2.24, 2.45) is 0 Å². The number of methoxy groups -OCH3 is 1. The van der Waals surface area contributed by atoms with E-state index in [4.69, 9.17) is 9.47 Å². The number of nitrogens with one attached hydrogen (secondary N) is 1. The molecule has 2 aliphatic rings. The Hall–Kier alpha value is -5.02. The largest absolute Gasteiger partial charge is 0.504 e. The average molecular weight is 621 g/mol. The summed E-state index contributed by atoms with van der Waals surface area (Å²) in [5.74, 6) is -0.489. The highest BCUT2D eigenvalue weighted by atomic mass is 32.2. The van der Waals surface area contributed by atoms with Gasteiger partial charge in [-0.15, -0.1) is 11.8 Å². The van der Waals surface area contributed by atoms with Crippen molar-refractivity contribution in [2.75, 3.05) is 12.9 Å². The van der Waals surface area contributed by atoms with E-state index in [-0.39, 0.29) is 29.7 Å². The first kappa shape index (κ1) is 30.0. The summed E-state index contributed by atoms with van der Waals surface area (Å²) in [6.45, 7) is 0. The van der Waals surface area contributed by atoms with Crippen molar-refractivity contribution in [3.63, 3.8) is 0 Å². The summed E-state index contributed by atoms with van der Waals surface area (Å²) in [5, 5.41) is 12.5. The Kier molecular flexibility index (Phi) is 8.89. The molecule has 0 aromatic heterocycles. The molecule has 1 saturated heterocycles. The van der Waals surface area contributed by atoms with Gasteiger partial charge in [-0.25, -0.2) is 4.79 Å². The number of carbonyl (C=O) groups is 3. The number of hydrogen-bond donors (Lipinski definition) is 2. The van der Waals surface area contributed by atoms with E-state index in [1.54, 1.807) is 18.2 Å². The third-order valence-electron chi connectivity index (χ3n) is 7.86. The predicted molar refractivity (Wildman–Crippen MR) is 171 cm³/mol. The predicted octanol–water partition coefficient (Wildman–Crippen LogP) is 5.17. The first-order valence-corrected chi connectivity index (χ1v) is 15.6. The zero-order valence-electron chi connectivity index (χ0n) is 24.6. The standard InChI is InChI=1S/C36H32N2O6S/c1-43-29-20-24(17-18-28(29)39)19-27-22-45-35-31(37-30(40)21-23-11-5-2-6-12-23)34(41)38(35)32(27)36(42)44-33(25-13-7-3-8-14-25)26-15-9-4-10-16-26/h2-18,20,31,33,35,39H,19,21-22H2,1H3,(H,37,40)/t31-,35+/m1/s1. The molecule has 9 heteroatoms. The molecule has 0 bridgehead atoms. The number of hydrogen-bond acceptors (Lipinski definition) is 7. The van der Waals surface area contributed by atoms with E-state index in [0.29, 0.717) is 23.5 Å².